The molecule has 2 aromatic heterocycles. The number of hydrogen-bond acceptors (Lipinski definition) is 2. The van der Waals surface area contributed by atoms with Crippen molar-refractivity contribution >= 4 is 32.8 Å². The predicted octanol–water partition coefficient (Wildman–Crippen LogP) is 10.2. The Morgan fingerprint density at radius 3 is 2.00 bits per heavy atom. The molecule has 0 saturated heterocycles. The van der Waals surface area contributed by atoms with Gasteiger partial charge in [0.1, 0.15) is 17.7 Å². The number of benzene rings is 6. The van der Waals surface area contributed by atoms with E-state index in [9.17, 15) is 0 Å². The van der Waals surface area contributed by atoms with Gasteiger partial charge in [-0.25, -0.2) is 4.98 Å². The molecule has 41 heavy (non-hydrogen) atoms. The first-order chi connectivity index (χ1) is 20.2. The lowest BCUT2D eigenvalue weighted by atomic mass is 9.95. The van der Waals surface area contributed by atoms with Gasteiger partial charge in [0.15, 0.2) is 0 Å². The zero-order chi connectivity index (χ0) is 27.3. The maximum absolute atomic E-state index is 6.21. The van der Waals surface area contributed by atoms with E-state index in [4.69, 9.17) is 9.40 Å². The number of furan rings is 1. The number of para-hydroxylation sites is 3. The van der Waals surface area contributed by atoms with Gasteiger partial charge >= 0.3 is 0 Å². The monoisotopic (exact) mass is 526 g/mol. The quantitative estimate of drug-likeness (QED) is 0.228. The Morgan fingerprint density at radius 1 is 0.585 bits per heavy atom. The van der Waals surface area contributed by atoms with Crippen LogP contribution in [0.3, 0.4) is 0 Å². The molecule has 194 valence electrons. The zero-order valence-corrected chi connectivity index (χ0v) is 22.6. The normalized spacial score (nSPS) is 11.5. The van der Waals surface area contributed by atoms with E-state index in [1.165, 1.54) is 16.3 Å². The van der Waals surface area contributed by atoms with Crippen molar-refractivity contribution in [1.82, 2.24) is 9.55 Å². The summed E-state index contributed by atoms with van der Waals surface area (Å²) < 4.78 is 8.53. The van der Waals surface area contributed by atoms with Gasteiger partial charge < -0.3 is 4.42 Å². The molecule has 0 aliphatic rings. The van der Waals surface area contributed by atoms with E-state index in [0.29, 0.717) is 0 Å². The van der Waals surface area contributed by atoms with Gasteiger partial charge in [-0.1, -0.05) is 115 Å². The minimum Gasteiger partial charge on any atom is -0.464 e. The molecule has 0 amide bonds. The lowest BCUT2D eigenvalue weighted by molar-refractivity contribution is 0.617. The Labute approximate surface area is 238 Å². The second-order valence-electron chi connectivity index (χ2n) is 10.5. The van der Waals surface area contributed by atoms with Crippen LogP contribution in [0, 0.1) is 6.92 Å². The molecule has 0 bridgehead atoms. The molecule has 3 heteroatoms. The van der Waals surface area contributed by atoms with Gasteiger partial charge in [0.05, 0.1) is 22.3 Å². The molecular formula is C38H26N2O. The Kier molecular flexibility index (Phi) is 5.36. The highest BCUT2D eigenvalue weighted by Crippen LogP contribution is 2.42. The summed E-state index contributed by atoms with van der Waals surface area (Å²) in [7, 11) is 0. The van der Waals surface area contributed by atoms with E-state index < -0.39 is 0 Å². The summed E-state index contributed by atoms with van der Waals surface area (Å²) in [5.41, 5.74) is 10.7. The van der Waals surface area contributed by atoms with Crippen molar-refractivity contribution in [2.75, 3.05) is 0 Å². The number of imidazole rings is 1. The fourth-order valence-electron chi connectivity index (χ4n) is 5.98. The molecule has 0 saturated carbocycles. The summed E-state index contributed by atoms with van der Waals surface area (Å²) >= 11 is 0. The first-order valence-electron chi connectivity index (χ1n) is 13.9. The number of fused-ring (bicyclic) bond motifs is 3. The van der Waals surface area contributed by atoms with Crippen LogP contribution in [0.1, 0.15) is 5.56 Å². The average molecular weight is 527 g/mol. The molecule has 0 fully saturated rings. The predicted molar refractivity (Wildman–Crippen MR) is 169 cm³/mol. The van der Waals surface area contributed by atoms with Crippen LogP contribution in [0.15, 0.2) is 144 Å². The first-order valence-corrected chi connectivity index (χ1v) is 13.9. The molecule has 8 rings (SSSR count). The van der Waals surface area contributed by atoms with E-state index in [1.54, 1.807) is 0 Å². The Morgan fingerprint density at radius 2 is 1.27 bits per heavy atom. The number of aromatic nitrogens is 2. The number of rotatable bonds is 4. The van der Waals surface area contributed by atoms with Crippen LogP contribution >= 0.6 is 0 Å². The van der Waals surface area contributed by atoms with Crippen molar-refractivity contribution in [3.8, 4) is 39.3 Å². The third kappa shape index (κ3) is 3.86. The molecule has 6 aromatic carbocycles. The first kappa shape index (κ1) is 23.5. The van der Waals surface area contributed by atoms with Crippen molar-refractivity contribution < 1.29 is 4.42 Å². The second kappa shape index (κ2) is 9.35. The van der Waals surface area contributed by atoms with Crippen molar-refractivity contribution in [2.24, 2.45) is 0 Å². The third-order valence-corrected chi connectivity index (χ3v) is 7.92. The SMILES string of the molecule is Cc1ccc2cc3occ(-c4nc5ccccc5n4-c4c(-c5ccccc5)cccc4-c4ccccc4)c3cc2c1. The molecule has 0 atom stereocenters. The van der Waals surface area contributed by atoms with Gasteiger partial charge in [-0.15, -0.1) is 0 Å². The van der Waals surface area contributed by atoms with Crippen LogP contribution in [0.2, 0.25) is 0 Å². The fraction of sp³-hybridized carbons (Fsp3) is 0.0263. The molecule has 2 heterocycles. The van der Waals surface area contributed by atoms with Gasteiger partial charge in [-0.2, -0.15) is 0 Å². The second-order valence-corrected chi connectivity index (χ2v) is 10.5. The maximum atomic E-state index is 6.21. The van der Waals surface area contributed by atoms with Gasteiger partial charge in [0.2, 0.25) is 0 Å². The van der Waals surface area contributed by atoms with Crippen LogP contribution in [-0.2, 0) is 0 Å². The van der Waals surface area contributed by atoms with E-state index in [0.717, 1.165) is 61.3 Å². The molecule has 0 unspecified atom stereocenters. The van der Waals surface area contributed by atoms with E-state index >= 15 is 0 Å². The van der Waals surface area contributed by atoms with Crippen LogP contribution in [0.25, 0.3) is 72.1 Å². The largest absolute Gasteiger partial charge is 0.464 e. The lowest BCUT2D eigenvalue weighted by Crippen LogP contribution is -2.03. The Bertz CT molecular complexity index is 2150. The highest BCUT2D eigenvalue weighted by molar-refractivity contribution is 6.04. The van der Waals surface area contributed by atoms with E-state index in [1.807, 2.05) is 6.26 Å². The summed E-state index contributed by atoms with van der Waals surface area (Å²) in [5, 5.41) is 3.41. The molecule has 0 radical (unpaired) electrons. The van der Waals surface area contributed by atoms with Crippen molar-refractivity contribution in [3.63, 3.8) is 0 Å². The summed E-state index contributed by atoms with van der Waals surface area (Å²) in [6.07, 6.45) is 1.86. The van der Waals surface area contributed by atoms with Gasteiger partial charge in [0.25, 0.3) is 0 Å². The van der Waals surface area contributed by atoms with Gasteiger partial charge in [-0.05, 0) is 53.1 Å². The molecule has 0 spiro atoms. The molecule has 0 aliphatic heterocycles. The van der Waals surface area contributed by atoms with Crippen LogP contribution in [0.5, 0.6) is 0 Å². The van der Waals surface area contributed by atoms with Crippen molar-refractivity contribution in [1.29, 1.82) is 0 Å². The van der Waals surface area contributed by atoms with Crippen molar-refractivity contribution in [2.45, 2.75) is 6.92 Å². The highest BCUT2D eigenvalue weighted by atomic mass is 16.3. The van der Waals surface area contributed by atoms with E-state index in [-0.39, 0.29) is 0 Å². The topological polar surface area (TPSA) is 31.0 Å². The minimum atomic E-state index is 0.856. The zero-order valence-electron chi connectivity index (χ0n) is 22.6. The molecule has 0 aliphatic carbocycles. The molecule has 0 N–H and O–H groups in total. The van der Waals surface area contributed by atoms with Crippen LogP contribution in [-0.4, -0.2) is 9.55 Å². The lowest BCUT2D eigenvalue weighted by Gasteiger charge is -2.19. The van der Waals surface area contributed by atoms with Gasteiger partial charge in [0, 0.05) is 16.5 Å². The standard InChI is InChI=1S/C38H26N2O/c1-25-19-20-28-23-36-32(22-29(28)21-25)33(24-41-36)38-39-34-17-8-9-18-35(34)40(38)37-30(26-11-4-2-5-12-26)15-10-16-31(37)27-13-6-3-7-14-27/h2-24H,1H3. The highest BCUT2D eigenvalue weighted by Gasteiger charge is 2.23. The number of aryl methyl sites for hydroxylation is 1. The molecular weight excluding hydrogens is 500 g/mol. The molecule has 8 aromatic rings. The van der Waals surface area contributed by atoms with E-state index in [2.05, 4.69) is 145 Å². The Hall–Kier alpha value is -5.41. The Balaban J connectivity index is 1.49. The average Bonchev–Trinajstić information content (AvgIpc) is 3.61. The van der Waals surface area contributed by atoms with Gasteiger partial charge in [-0.3, -0.25) is 4.57 Å². The van der Waals surface area contributed by atoms with Crippen LogP contribution < -0.4 is 0 Å². The third-order valence-electron chi connectivity index (χ3n) is 7.92. The fourth-order valence-corrected chi connectivity index (χ4v) is 5.98. The number of nitrogens with zero attached hydrogens (tertiary/aromatic N) is 2. The summed E-state index contributed by atoms with van der Waals surface area (Å²) in [6.45, 7) is 2.13. The minimum absolute atomic E-state index is 0.856. The van der Waals surface area contributed by atoms with Crippen molar-refractivity contribution in [3.05, 3.63) is 145 Å². The number of hydrogen-bond donors (Lipinski definition) is 0. The maximum Gasteiger partial charge on any atom is 0.149 e. The summed E-state index contributed by atoms with van der Waals surface area (Å²) in [6, 6.07) is 47.0. The summed E-state index contributed by atoms with van der Waals surface area (Å²) in [5.74, 6) is 0.859. The summed E-state index contributed by atoms with van der Waals surface area (Å²) in [4.78, 5) is 5.25. The van der Waals surface area contributed by atoms with Crippen LogP contribution in [0.4, 0.5) is 0 Å². The smallest absolute Gasteiger partial charge is 0.149 e. The molecule has 3 nitrogen and oxygen atoms in total.